The minimum atomic E-state index is -0.333. The van der Waals surface area contributed by atoms with Gasteiger partial charge in [-0.1, -0.05) is 0 Å². The van der Waals surface area contributed by atoms with Crippen molar-refractivity contribution in [1.29, 1.82) is 0 Å². The molecule has 3 saturated heterocycles. The van der Waals surface area contributed by atoms with Crippen LogP contribution in [0.3, 0.4) is 0 Å². The highest BCUT2D eigenvalue weighted by Gasteiger charge is 2.63. The van der Waals surface area contributed by atoms with Crippen LogP contribution in [-0.4, -0.2) is 35.6 Å². The molecule has 0 aromatic heterocycles. The molecule has 2 bridgehead atoms. The average Bonchev–Trinajstić information content (AvgIpc) is 2.20. The number of aliphatic hydroxyl groups is 1. The molecule has 0 aromatic rings. The molecule has 0 spiro atoms. The van der Waals surface area contributed by atoms with Gasteiger partial charge in [-0.2, -0.15) is 0 Å². The second kappa shape index (κ2) is 1.17. The van der Waals surface area contributed by atoms with Gasteiger partial charge in [-0.25, -0.2) is 0 Å². The predicted molar refractivity (Wildman–Crippen MR) is 27.9 cm³/mol. The number of hydrogen-bond donors (Lipinski definition) is 1. The molecule has 3 rings (SSSR count). The molecule has 0 aromatic carbocycles. The van der Waals surface area contributed by atoms with E-state index in [0.717, 1.165) is 6.42 Å². The summed E-state index contributed by atoms with van der Waals surface area (Å²) in [6.45, 7) is 0. The maximum atomic E-state index is 9.28. The van der Waals surface area contributed by atoms with E-state index in [0.29, 0.717) is 6.10 Å². The van der Waals surface area contributed by atoms with Crippen molar-refractivity contribution in [2.24, 2.45) is 0 Å². The minimum absolute atomic E-state index is 0.0220. The molecule has 50 valence electrons. The van der Waals surface area contributed by atoms with Crippen LogP contribution in [0.5, 0.6) is 0 Å². The normalized spacial score (nSPS) is 68.3. The fourth-order valence-corrected chi connectivity index (χ4v) is 2.03. The molecule has 3 heterocycles. The van der Waals surface area contributed by atoms with Crippen LogP contribution in [0, 0.1) is 0 Å². The average molecular weight is 128 g/mol. The van der Waals surface area contributed by atoms with Gasteiger partial charge in [0.15, 0.2) is 0 Å². The fraction of sp³-hybridized carbons (Fsp3) is 1.00. The first-order chi connectivity index (χ1) is 4.36. The van der Waals surface area contributed by atoms with Gasteiger partial charge < -0.3 is 14.6 Å². The second-order valence-corrected chi connectivity index (χ2v) is 3.00. The molecule has 3 heteroatoms. The van der Waals surface area contributed by atoms with E-state index in [9.17, 15) is 5.11 Å². The number of hydrogen-bond acceptors (Lipinski definition) is 3. The van der Waals surface area contributed by atoms with E-state index in [2.05, 4.69) is 0 Å². The summed E-state index contributed by atoms with van der Waals surface area (Å²) in [4.78, 5) is 0. The first kappa shape index (κ1) is 4.66. The van der Waals surface area contributed by atoms with E-state index >= 15 is 0 Å². The Morgan fingerprint density at radius 1 is 1.11 bits per heavy atom. The fourth-order valence-electron chi connectivity index (χ4n) is 2.03. The van der Waals surface area contributed by atoms with E-state index in [1.807, 2.05) is 0 Å². The van der Waals surface area contributed by atoms with Crippen LogP contribution in [0.1, 0.15) is 6.42 Å². The molecule has 0 unspecified atom stereocenters. The van der Waals surface area contributed by atoms with Crippen LogP contribution in [0.25, 0.3) is 0 Å². The molecule has 0 radical (unpaired) electrons. The lowest BCUT2D eigenvalue weighted by molar-refractivity contribution is -0.202. The van der Waals surface area contributed by atoms with E-state index in [4.69, 9.17) is 9.47 Å². The zero-order chi connectivity index (χ0) is 6.01. The monoisotopic (exact) mass is 128 g/mol. The molecule has 9 heavy (non-hydrogen) atoms. The van der Waals surface area contributed by atoms with Gasteiger partial charge in [0.25, 0.3) is 0 Å². The SMILES string of the molecule is O[C@H]1[C@@H]2O[C@@H]3C[C@H]1O[C@H]23. The largest absolute Gasteiger partial charge is 0.388 e. The Kier molecular flexibility index (Phi) is 0.604. The van der Waals surface area contributed by atoms with Crippen molar-refractivity contribution in [3.63, 3.8) is 0 Å². The van der Waals surface area contributed by atoms with Crippen molar-refractivity contribution in [3.05, 3.63) is 0 Å². The van der Waals surface area contributed by atoms with E-state index in [-0.39, 0.29) is 24.4 Å². The van der Waals surface area contributed by atoms with E-state index < -0.39 is 0 Å². The van der Waals surface area contributed by atoms with Gasteiger partial charge in [0, 0.05) is 6.42 Å². The molecule has 0 aliphatic carbocycles. The van der Waals surface area contributed by atoms with Gasteiger partial charge in [0.05, 0.1) is 12.2 Å². The van der Waals surface area contributed by atoms with Crippen molar-refractivity contribution in [2.75, 3.05) is 0 Å². The number of rotatable bonds is 0. The van der Waals surface area contributed by atoms with Crippen molar-refractivity contribution in [3.8, 4) is 0 Å². The van der Waals surface area contributed by atoms with Crippen LogP contribution < -0.4 is 0 Å². The highest BCUT2D eigenvalue weighted by atomic mass is 16.7. The minimum Gasteiger partial charge on any atom is -0.388 e. The third-order valence-electron chi connectivity index (χ3n) is 2.54. The lowest BCUT2D eigenvalue weighted by atomic mass is 9.87. The molecule has 3 nitrogen and oxygen atoms in total. The lowest BCUT2D eigenvalue weighted by Gasteiger charge is -2.41. The van der Waals surface area contributed by atoms with Crippen molar-refractivity contribution in [1.82, 2.24) is 0 Å². The molecule has 0 amide bonds. The Hall–Kier alpha value is -0.120. The zero-order valence-corrected chi connectivity index (χ0v) is 4.86. The van der Waals surface area contributed by atoms with Crippen LogP contribution in [0.4, 0.5) is 0 Å². The summed E-state index contributed by atoms with van der Waals surface area (Å²) in [5, 5.41) is 9.28. The Bertz CT molecular complexity index is 148. The van der Waals surface area contributed by atoms with Gasteiger partial charge in [-0.15, -0.1) is 0 Å². The zero-order valence-electron chi connectivity index (χ0n) is 4.86. The summed E-state index contributed by atoms with van der Waals surface area (Å²) in [5.74, 6) is 0. The van der Waals surface area contributed by atoms with Gasteiger partial charge in [-0.3, -0.25) is 0 Å². The van der Waals surface area contributed by atoms with E-state index in [1.54, 1.807) is 0 Å². The molecular formula is C6H8O3. The second-order valence-electron chi connectivity index (χ2n) is 3.00. The maximum absolute atomic E-state index is 9.28. The van der Waals surface area contributed by atoms with Crippen molar-refractivity contribution >= 4 is 0 Å². The smallest absolute Gasteiger partial charge is 0.115 e. The predicted octanol–water partition coefficient (Wildman–Crippen LogP) is -0.714. The lowest BCUT2D eigenvalue weighted by Crippen LogP contribution is -2.58. The molecule has 3 fully saturated rings. The van der Waals surface area contributed by atoms with Gasteiger partial charge >= 0.3 is 0 Å². The highest BCUT2D eigenvalue weighted by molar-refractivity contribution is 5.10. The molecular weight excluding hydrogens is 120 g/mol. The van der Waals surface area contributed by atoms with Gasteiger partial charge in [0.2, 0.25) is 0 Å². The molecule has 0 saturated carbocycles. The molecule has 1 N–H and O–H groups in total. The van der Waals surface area contributed by atoms with Crippen LogP contribution >= 0.6 is 0 Å². The highest BCUT2D eigenvalue weighted by Crippen LogP contribution is 2.46. The maximum Gasteiger partial charge on any atom is 0.115 e. The summed E-state index contributed by atoms with van der Waals surface area (Å²) < 4.78 is 10.6. The summed E-state index contributed by atoms with van der Waals surface area (Å²) in [7, 11) is 0. The summed E-state index contributed by atoms with van der Waals surface area (Å²) in [6.07, 6.45) is 1.25. The molecule has 5 atom stereocenters. The van der Waals surface area contributed by atoms with Crippen molar-refractivity contribution < 1.29 is 14.6 Å². The quantitative estimate of drug-likeness (QED) is 0.468. The number of fused-ring (bicyclic) bond motifs is 1. The Morgan fingerprint density at radius 2 is 1.89 bits per heavy atom. The Morgan fingerprint density at radius 3 is 2.22 bits per heavy atom. The number of ether oxygens (including phenoxy) is 2. The number of aliphatic hydroxyl groups excluding tert-OH is 1. The van der Waals surface area contributed by atoms with Crippen LogP contribution in [0.15, 0.2) is 0 Å². The summed E-state index contributed by atoms with van der Waals surface area (Å²) in [6, 6.07) is 0. The van der Waals surface area contributed by atoms with Gasteiger partial charge in [-0.05, 0) is 0 Å². The Balaban J connectivity index is 2.00. The third-order valence-corrected chi connectivity index (χ3v) is 2.54. The Labute approximate surface area is 52.6 Å². The first-order valence-electron chi connectivity index (χ1n) is 3.35. The third kappa shape index (κ3) is 0.351. The first-order valence-corrected chi connectivity index (χ1v) is 3.35. The van der Waals surface area contributed by atoms with Crippen molar-refractivity contribution in [2.45, 2.75) is 36.9 Å². The molecule has 3 aliphatic heterocycles. The summed E-state index contributed by atoms with van der Waals surface area (Å²) >= 11 is 0. The summed E-state index contributed by atoms with van der Waals surface area (Å²) in [5.41, 5.74) is 0. The standard InChI is InChI=1S/C6H8O3/c7-4-2-1-3-5(8-2)6(4)9-3/h2-7H,1H2/t2-,3-,4-,5+,6+/m1/s1. The van der Waals surface area contributed by atoms with Crippen LogP contribution in [0.2, 0.25) is 0 Å². The van der Waals surface area contributed by atoms with Gasteiger partial charge in [0.1, 0.15) is 18.3 Å². The van der Waals surface area contributed by atoms with Crippen LogP contribution in [-0.2, 0) is 9.47 Å². The molecule has 3 aliphatic rings. The topological polar surface area (TPSA) is 38.7 Å². The van der Waals surface area contributed by atoms with E-state index in [1.165, 1.54) is 0 Å².